The zero-order chi connectivity index (χ0) is 12.1. The Morgan fingerprint density at radius 1 is 1.06 bits per heavy atom. The maximum absolute atomic E-state index is 11.3. The lowest BCUT2D eigenvalue weighted by Crippen LogP contribution is -2.39. The summed E-state index contributed by atoms with van der Waals surface area (Å²) in [6.07, 6.45) is -2.67. The van der Waals surface area contributed by atoms with Gasteiger partial charge < -0.3 is 9.47 Å². The number of hydrogen-bond donors (Lipinski definition) is 0. The van der Waals surface area contributed by atoms with Gasteiger partial charge in [0.15, 0.2) is 0 Å². The molecule has 0 amide bonds. The van der Waals surface area contributed by atoms with Gasteiger partial charge in [0.2, 0.25) is 12.2 Å². The standard InChI is InChI=1S/C8H12O7S/c1-3-12-7(9)5-6(8(10)13-4-2)15-16(11)14-5/h5-6H,3-4H2,1-2H3/t5-,6-/m1/s1. The molecule has 1 rings (SSSR count). The maximum Gasteiger partial charge on any atom is 0.340 e. The van der Waals surface area contributed by atoms with Crippen LogP contribution in [0.25, 0.3) is 0 Å². The average molecular weight is 252 g/mol. The Morgan fingerprint density at radius 3 is 1.75 bits per heavy atom. The summed E-state index contributed by atoms with van der Waals surface area (Å²) >= 11 is -2.13. The summed E-state index contributed by atoms with van der Waals surface area (Å²) in [7, 11) is 0. The zero-order valence-electron chi connectivity index (χ0n) is 8.83. The average Bonchev–Trinajstić information content (AvgIpc) is 2.61. The maximum atomic E-state index is 11.3. The van der Waals surface area contributed by atoms with Crippen LogP contribution in [0.15, 0.2) is 0 Å². The smallest absolute Gasteiger partial charge is 0.340 e. The molecule has 0 aromatic carbocycles. The largest absolute Gasteiger partial charge is 0.464 e. The summed E-state index contributed by atoms with van der Waals surface area (Å²) in [5.41, 5.74) is 0. The first kappa shape index (κ1) is 13.1. The normalized spacial score (nSPS) is 25.4. The molecule has 0 aromatic heterocycles. The summed E-state index contributed by atoms with van der Waals surface area (Å²) in [6.45, 7) is 3.45. The Kier molecular flexibility index (Phi) is 4.84. The van der Waals surface area contributed by atoms with Crippen molar-refractivity contribution in [3.63, 3.8) is 0 Å². The van der Waals surface area contributed by atoms with E-state index in [1.165, 1.54) is 0 Å². The Morgan fingerprint density at radius 2 is 1.44 bits per heavy atom. The summed E-state index contributed by atoms with van der Waals surface area (Å²) in [4.78, 5) is 22.7. The van der Waals surface area contributed by atoms with E-state index in [1.54, 1.807) is 13.8 Å². The molecule has 1 heterocycles. The van der Waals surface area contributed by atoms with Crippen molar-refractivity contribution in [2.75, 3.05) is 13.2 Å². The fourth-order valence-electron chi connectivity index (χ4n) is 1.07. The number of ether oxygens (including phenoxy) is 2. The van der Waals surface area contributed by atoms with Gasteiger partial charge in [0, 0.05) is 0 Å². The highest BCUT2D eigenvalue weighted by molar-refractivity contribution is 7.75. The van der Waals surface area contributed by atoms with E-state index in [-0.39, 0.29) is 13.2 Å². The van der Waals surface area contributed by atoms with E-state index in [0.29, 0.717) is 0 Å². The lowest BCUT2D eigenvalue weighted by atomic mass is 10.2. The van der Waals surface area contributed by atoms with Crippen LogP contribution in [0, 0.1) is 0 Å². The lowest BCUT2D eigenvalue weighted by Gasteiger charge is -2.12. The summed E-state index contributed by atoms with van der Waals surface area (Å²) in [5, 5.41) is 0. The van der Waals surface area contributed by atoms with E-state index in [2.05, 4.69) is 17.8 Å². The molecule has 92 valence electrons. The van der Waals surface area contributed by atoms with Gasteiger partial charge >= 0.3 is 23.3 Å². The molecule has 0 spiro atoms. The summed E-state index contributed by atoms with van der Waals surface area (Å²) in [6, 6.07) is 0. The van der Waals surface area contributed by atoms with Gasteiger partial charge in [0.25, 0.3) is 0 Å². The Bertz CT molecular complexity index is 275. The summed E-state index contributed by atoms with van der Waals surface area (Å²) < 4.78 is 29.5. The fraction of sp³-hybridized carbons (Fsp3) is 0.750. The molecule has 0 aromatic rings. The van der Waals surface area contributed by atoms with Crippen LogP contribution in [-0.4, -0.2) is 41.6 Å². The van der Waals surface area contributed by atoms with E-state index >= 15 is 0 Å². The van der Waals surface area contributed by atoms with E-state index in [0.717, 1.165) is 0 Å². The lowest BCUT2D eigenvalue weighted by molar-refractivity contribution is -0.163. The monoisotopic (exact) mass is 252 g/mol. The molecule has 0 radical (unpaired) electrons. The van der Waals surface area contributed by atoms with Crippen molar-refractivity contribution in [1.29, 1.82) is 0 Å². The van der Waals surface area contributed by atoms with E-state index in [1.807, 2.05) is 0 Å². The number of esters is 2. The minimum Gasteiger partial charge on any atom is -0.464 e. The molecule has 0 bridgehead atoms. The molecule has 1 aliphatic heterocycles. The highest BCUT2D eigenvalue weighted by atomic mass is 32.2. The Labute approximate surface area is 94.9 Å². The van der Waals surface area contributed by atoms with Crippen molar-refractivity contribution < 1.29 is 31.6 Å². The third-order valence-electron chi connectivity index (χ3n) is 1.68. The molecule has 2 atom stereocenters. The number of carbonyl (C=O) groups is 2. The molecule has 8 heteroatoms. The van der Waals surface area contributed by atoms with Crippen LogP contribution in [0.1, 0.15) is 13.8 Å². The fourth-order valence-corrected chi connectivity index (χ4v) is 1.81. The molecule has 7 nitrogen and oxygen atoms in total. The quantitative estimate of drug-likeness (QED) is 0.622. The van der Waals surface area contributed by atoms with Crippen molar-refractivity contribution in [3.05, 3.63) is 0 Å². The van der Waals surface area contributed by atoms with Crippen molar-refractivity contribution in [2.24, 2.45) is 0 Å². The van der Waals surface area contributed by atoms with Crippen LogP contribution in [0.4, 0.5) is 0 Å². The Hall–Kier alpha value is -0.990. The molecule has 0 unspecified atom stereocenters. The van der Waals surface area contributed by atoms with E-state index in [9.17, 15) is 13.8 Å². The van der Waals surface area contributed by atoms with Crippen LogP contribution >= 0.6 is 0 Å². The van der Waals surface area contributed by atoms with Crippen LogP contribution in [0.5, 0.6) is 0 Å². The van der Waals surface area contributed by atoms with Crippen molar-refractivity contribution in [1.82, 2.24) is 0 Å². The van der Waals surface area contributed by atoms with Gasteiger partial charge in [-0.15, -0.1) is 0 Å². The van der Waals surface area contributed by atoms with Crippen LogP contribution in [-0.2, 0) is 38.8 Å². The topological polar surface area (TPSA) is 88.1 Å². The first-order valence-electron chi connectivity index (χ1n) is 4.69. The van der Waals surface area contributed by atoms with Crippen LogP contribution in [0.3, 0.4) is 0 Å². The molecule has 0 saturated carbocycles. The van der Waals surface area contributed by atoms with Crippen LogP contribution < -0.4 is 0 Å². The third-order valence-corrected chi connectivity index (χ3v) is 2.41. The molecular formula is C8H12O7S. The number of hydrogen-bond acceptors (Lipinski definition) is 7. The van der Waals surface area contributed by atoms with Crippen molar-refractivity contribution in [2.45, 2.75) is 26.1 Å². The van der Waals surface area contributed by atoms with Gasteiger partial charge in [-0.2, -0.15) is 4.21 Å². The van der Waals surface area contributed by atoms with Gasteiger partial charge in [-0.05, 0) is 13.8 Å². The second kappa shape index (κ2) is 5.92. The highest BCUT2D eigenvalue weighted by Gasteiger charge is 2.47. The van der Waals surface area contributed by atoms with Gasteiger partial charge in [-0.3, -0.25) is 0 Å². The molecule has 16 heavy (non-hydrogen) atoms. The molecule has 1 aliphatic rings. The predicted molar refractivity (Wildman–Crippen MR) is 51.2 cm³/mol. The zero-order valence-corrected chi connectivity index (χ0v) is 9.65. The number of carbonyl (C=O) groups excluding carboxylic acids is 2. The van der Waals surface area contributed by atoms with E-state index in [4.69, 9.17) is 0 Å². The highest BCUT2D eigenvalue weighted by Crippen LogP contribution is 2.20. The first-order chi connectivity index (χ1) is 7.60. The minimum absolute atomic E-state index is 0.126. The SMILES string of the molecule is CCOC(=O)[C@@H]1OS(=O)O[C@H]1C(=O)OCC. The van der Waals surface area contributed by atoms with Crippen molar-refractivity contribution >= 4 is 23.3 Å². The third kappa shape index (κ3) is 3.00. The second-order valence-corrected chi connectivity index (χ2v) is 3.54. The van der Waals surface area contributed by atoms with Gasteiger partial charge in [0.1, 0.15) is 0 Å². The molecule has 1 saturated heterocycles. The Balaban J connectivity index is 2.69. The second-order valence-electron chi connectivity index (χ2n) is 2.74. The van der Waals surface area contributed by atoms with Crippen molar-refractivity contribution in [3.8, 4) is 0 Å². The van der Waals surface area contributed by atoms with Gasteiger partial charge in [0.05, 0.1) is 13.2 Å². The first-order valence-corrected chi connectivity index (χ1v) is 5.69. The van der Waals surface area contributed by atoms with Crippen LogP contribution in [0.2, 0.25) is 0 Å². The van der Waals surface area contributed by atoms with Gasteiger partial charge in [-0.25, -0.2) is 18.0 Å². The molecular weight excluding hydrogens is 240 g/mol. The molecule has 0 aliphatic carbocycles. The number of rotatable bonds is 4. The van der Waals surface area contributed by atoms with E-state index < -0.39 is 35.5 Å². The van der Waals surface area contributed by atoms with Gasteiger partial charge in [-0.1, -0.05) is 0 Å². The predicted octanol–water partition coefficient (Wildman–Crippen LogP) is -0.525. The minimum atomic E-state index is -2.13. The molecule has 1 fully saturated rings. The molecule has 0 N–H and O–H groups in total. The summed E-state index contributed by atoms with van der Waals surface area (Å²) in [5.74, 6) is -1.60.